The van der Waals surface area contributed by atoms with Gasteiger partial charge in [0, 0.05) is 11.3 Å². The standard InChI is InChI=1S/C21H17F6NO3S/c1-2-31-19(30)16-11-32-18(12-6-8-14(9-7-12)20(22,23)24)28(16)17(29)13-4-3-5-15(10-13)21(25,26)27/h3-10,16,18H,2,11H2,1H3. The normalized spacial score (nSPS) is 19.2. The summed E-state index contributed by atoms with van der Waals surface area (Å²) < 4.78 is 82.9. The van der Waals surface area contributed by atoms with Crippen molar-refractivity contribution in [3.05, 3.63) is 70.8 Å². The van der Waals surface area contributed by atoms with Gasteiger partial charge in [0.25, 0.3) is 5.91 Å². The molecule has 0 saturated carbocycles. The van der Waals surface area contributed by atoms with Crippen LogP contribution in [-0.2, 0) is 21.9 Å². The van der Waals surface area contributed by atoms with Gasteiger partial charge in [0.1, 0.15) is 11.4 Å². The van der Waals surface area contributed by atoms with Crippen LogP contribution in [0.15, 0.2) is 48.5 Å². The van der Waals surface area contributed by atoms with Crippen LogP contribution in [0, 0.1) is 0 Å². The van der Waals surface area contributed by atoms with E-state index < -0.39 is 46.8 Å². The van der Waals surface area contributed by atoms with Crippen molar-refractivity contribution in [2.24, 2.45) is 0 Å². The second kappa shape index (κ2) is 9.05. The quantitative estimate of drug-likeness (QED) is 0.428. The Morgan fingerprint density at radius 1 is 1.00 bits per heavy atom. The third kappa shape index (κ3) is 5.03. The molecule has 2 aromatic carbocycles. The Hall–Kier alpha value is -2.69. The predicted octanol–water partition coefficient (Wildman–Crippen LogP) is 5.54. The summed E-state index contributed by atoms with van der Waals surface area (Å²) in [5.41, 5.74) is -1.92. The fraction of sp³-hybridized carbons (Fsp3) is 0.333. The van der Waals surface area contributed by atoms with E-state index in [0.717, 1.165) is 40.9 Å². The minimum Gasteiger partial charge on any atom is -0.464 e. The van der Waals surface area contributed by atoms with Crippen LogP contribution in [0.1, 0.15) is 39.3 Å². The summed E-state index contributed by atoms with van der Waals surface area (Å²) in [4.78, 5) is 26.7. The molecule has 2 aromatic rings. The summed E-state index contributed by atoms with van der Waals surface area (Å²) >= 11 is 1.11. The Kier molecular flexibility index (Phi) is 6.77. The number of carbonyl (C=O) groups excluding carboxylic acids is 2. The molecule has 1 aliphatic heterocycles. The van der Waals surface area contributed by atoms with Gasteiger partial charge >= 0.3 is 18.3 Å². The average Bonchev–Trinajstić information content (AvgIpc) is 3.17. The number of thioether (sulfide) groups is 1. The summed E-state index contributed by atoms with van der Waals surface area (Å²) in [5.74, 6) is -1.52. The summed E-state index contributed by atoms with van der Waals surface area (Å²) in [5, 5.41) is -0.881. The van der Waals surface area contributed by atoms with E-state index in [1.54, 1.807) is 6.92 Å². The number of hydrogen-bond donors (Lipinski definition) is 0. The monoisotopic (exact) mass is 477 g/mol. The van der Waals surface area contributed by atoms with Crippen molar-refractivity contribution in [3.8, 4) is 0 Å². The van der Waals surface area contributed by atoms with Gasteiger partial charge < -0.3 is 9.64 Å². The number of amides is 1. The van der Waals surface area contributed by atoms with Crippen LogP contribution < -0.4 is 0 Å². The van der Waals surface area contributed by atoms with Gasteiger partial charge in [0.15, 0.2) is 0 Å². The molecule has 1 saturated heterocycles. The van der Waals surface area contributed by atoms with Gasteiger partial charge in [-0.3, -0.25) is 4.79 Å². The number of esters is 1. The molecule has 0 spiro atoms. The third-order valence-electron chi connectivity index (χ3n) is 4.75. The zero-order chi connectivity index (χ0) is 23.7. The molecule has 1 heterocycles. The Morgan fingerprint density at radius 2 is 1.62 bits per heavy atom. The molecule has 4 nitrogen and oxygen atoms in total. The Labute approximate surface area is 183 Å². The highest BCUT2D eigenvalue weighted by Crippen LogP contribution is 2.43. The zero-order valence-electron chi connectivity index (χ0n) is 16.5. The van der Waals surface area contributed by atoms with Crippen LogP contribution in [0.2, 0.25) is 0 Å². The number of ether oxygens (including phenoxy) is 1. The fourth-order valence-electron chi connectivity index (χ4n) is 3.25. The molecule has 2 atom stereocenters. The Bertz CT molecular complexity index is 990. The highest BCUT2D eigenvalue weighted by molar-refractivity contribution is 7.99. The largest absolute Gasteiger partial charge is 0.464 e. The van der Waals surface area contributed by atoms with Crippen LogP contribution in [0.5, 0.6) is 0 Å². The van der Waals surface area contributed by atoms with Gasteiger partial charge in [0.2, 0.25) is 0 Å². The van der Waals surface area contributed by atoms with Gasteiger partial charge in [0.05, 0.1) is 17.7 Å². The van der Waals surface area contributed by atoms with Gasteiger partial charge in [-0.05, 0) is 42.8 Å². The highest BCUT2D eigenvalue weighted by Gasteiger charge is 2.44. The first-order valence-corrected chi connectivity index (χ1v) is 10.4. The summed E-state index contributed by atoms with van der Waals surface area (Å²) in [6.07, 6.45) is -9.23. The van der Waals surface area contributed by atoms with Crippen LogP contribution >= 0.6 is 11.8 Å². The molecular weight excluding hydrogens is 460 g/mol. The second-order valence-electron chi connectivity index (χ2n) is 6.86. The lowest BCUT2D eigenvalue weighted by atomic mass is 10.1. The molecule has 3 rings (SSSR count). The van der Waals surface area contributed by atoms with Crippen molar-refractivity contribution in [2.75, 3.05) is 12.4 Å². The van der Waals surface area contributed by atoms with Gasteiger partial charge in [-0.15, -0.1) is 11.8 Å². The van der Waals surface area contributed by atoms with E-state index in [4.69, 9.17) is 4.74 Å². The summed E-state index contributed by atoms with van der Waals surface area (Å²) in [6.45, 7) is 1.59. The first-order valence-electron chi connectivity index (χ1n) is 9.38. The lowest BCUT2D eigenvalue weighted by Crippen LogP contribution is -2.44. The zero-order valence-corrected chi connectivity index (χ0v) is 17.4. The molecule has 172 valence electrons. The second-order valence-corrected chi connectivity index (χ2v) is 7.98. The minimum absolute atomic E-state index is 0.0243. The number of hydrogen-bond acceptors (Lipinski definition) is 4. The smallest absolute Gasteiger partial charge is 0.416 e. The topological polar surface area (TPSA) is 46.6 Å². The summed E-state index contributed by atoms with van der Waals surface area (Å²) in [7, 11) is 0. The van der Waals surface area contributed by atoms with Crippen molar-refractivity contribution < 1.29 is 40.7 Å². The lowest BCUT2D eigenvalue weighted by molar-refractivity contribution is -0.147. The van der Waals surface area contributed by atoms with E-state index >= 15 is 0 Å². The maximum Gasteiger partial charge on any atom is 0.416 e. The number of carbonyl (C=O) groups is 2. The molecule has 0 N–H and O–H groups in total. The van der Waals surface area contributed by atoms with Gasteiger partial charge in [-0.1, -0.05) is 18.2 Å². The van der Waals surface area contributed by atoms with E-state index in [1.165, 1.54) is 18.2 Å². The highest BCUT2D eigenvalue weighted by atomic mass is 32.2. The van der Waals surface area contributed by atoms with E-state index in [0.29, 0.717) is 11.6 Å². The molecule has 1 fully saturated rings. The molecule has 1 amide bonds. The van der Waals surface area contributed by atoms with Crippen molar-refractivity contribution in [1.82, 2.24) is 4.90 Å². The van der Waals surface area contributed by atoms with Crippen molar-refractivity contribution in [2.45, 2.75) is 30.7 Å². The van der Waals surface area contributed by atoms with E-state index in [2.05, 4.69) is 0 Å². The molecule has 0 aromatic heterocycles. The average molecular weight is 477 g/mol. The van der Waals surface area contributed by atoms with Crippen LogP contribution in [0.4, 0.5) is 26.3 Å². The summed E-state index contributed by atoms with van der Waals surface area (Å²) in [6, 6.07) is 6.71. The number of halogens is 6. The minimum atomic E-state index is -4.68. The molecular formula is C21H17F6NO3S. The lowest BCUT2D eigenvalue weighted by Gasteiger charge is -2.29. The van der Waals surface area contributed by atoms with Crippen molar-refractivity contribution in [1.29, 1.82) is 0 Å². The molecule has 11 heteroatoms. The number of alkyl halides is 6. The maximum absolute atomic E-state index is 13.2. The van der Waals surface area contributed by atoms with Gasteiger partial charge in [-0.2, -0.15) is 26.3 Å². The predicted molar refractivity (Wildman–Crippen MR) is 105 cm³/mol. The molecule has 0 bridgehead atoms. The van der Waals surface area contributed by atoms with Crippen molar-refractivity contribution >= 4 is 23.6 Å². The SMILES string of the molecule is CCOC(=O)C1CSC(c2ccc(C(F)(F)F)cc2)N1C(=O)c1cccc(C(F)(F)F)c1. The van der Waals surface area contributed by atoms with Gasteiger partial charge in [-0.25, -0.2) is 4.79 Å². The van der Waals surface area contributed by atoms with Crippen LogP contribution in [0.25, 0.3) is 0 Å². The molecule has 0 aliphatic carbocycles. The first-order chi connectivity index (χ1) is 14.9. The Morgan fingerprint density at radius 3 is 2.19 bits per heavy atom. The van der Waals surface area contributed by atoms with E-state index in [-0.39, 0.29) is 17.9 Å². The number of nitrogens with zero attached hydrogens (tertiary/aromatic N) is 1. The molecule has 32 heavy (non-hydrogen) atoms. The van der Waals surface area contributed by atoms with E-state index in [1.807, 2.05) is 0 Å². The first kappa shape index (κ1) is 24.0. The molecule has 2 unspecified atom stereocenters. The number of benzene rings is 2. The number of rotatable bonds is 4. The third-order valence-corrected chi connectivity index (χ3v) is 6.08. The maximum atomic E-state index is 13.2. The fourth-order valence-corrected chi connectivity index (χ4v) is 4.66. The molecule has 0 radical (unpaired) electrons. The van der Waals surface area contributed by atoms with E-state index in [9.17, 15) is 35.9 Å². The van der Waals surface area contributed by atoms with Crippen LogP contribution in [-0.4, -0.2) is 35.2 Å². The Balaban J connectivity index is 1.99. The molecule has 1 aliphatic rings. The van der Waals surface area contributed by atoms with Crippen molar-refractivity contribution in [3.63, 3.8) is 0 Å². The van der Waals surface area contributed by atoms with Crippen LogP contribution in [0.3, 0.4) is 0 Å².